The first-order valence-electron chi connectivity index (χ1n) is 8.86. The number of nitrogens with two attached hydrogens (primary N) is 1. The van der Waals surface area contributed by atoms with Gasteiger partial charge in [0.1, 0.15) is 17.7 Å². The molecule has 3 atom stereocenters. The maximum atomic E-state index is 14.1. The first-order chi connectivity index (χ1) is 13.2. The molecule has 2 heterocycles. The van der Waals surface area contributed by atoms with Crippen molar-refractivity contribution in [1.82, 2.24) is 4.57 Å². The predicted molar refractivity (Wildman–Crippen MR) is 102 cm³/mol. The number of halogens is 2. The Hall–Kier alpha value is -2.29. The molecule has 0 spiro atoms. The first kappa shape index (κ1) is 19.0. The summed E-state index contributed by atoms with van der Waals surface area (Å²) < 4.78 is 58.8. The number of ether oxygens (including phenoxy) is 1. The zero-order valence-corrected chi connectivity index (χ0v) is 16.0. The van der Waals surface area contributed by atoms with Crippen LogP contribution in [0, 0.1) is 11.6 Å². The highest BCUT2D eigenvalue weighted by Gasteiger charge is 2.32. The molecule has 5 nitrogen and oxygen atoms in total. The molecule has 1 aliphatic heterocycles. The highest BCUT2D eigenvalue weighted by atomic mass is 32.2. The lowest BCUT2D eigenvalue weighted by Crippen LogP contribution is -2.39. The third kappa shape index (κ3) is 3.55. The van der Waals surface area contributed by atoms with Crippen LogP contribution in [0.1, 0.15) is 24.1 Å². The smallest absolute Gasteiger partial charge is 0.175 e. The molecule has 0 aliphatic carbocycles. The zero-order valence-electron chi connectivity index (χ0n) is 15.2. The van der Waals surface area contributed by atoms with Crippen molar-refractivity contribution < 1.29 is 21.9 Å². The maximum Gasteiger partial charge on any atom is 0.175 e. The van der Waals surface area contributed by atoms with Crippen molar-refractivity contribution in [2.24, 2.45) is 5.73 Å². The van der Waals surface area contributed by atoms with Gasteiger partial charge in [-0.1, -0.05) is 6.07 Å². The van der Waals surface area contributed by atoms with Gasteiger partial charge in [-0.2, -0.15) is 0 Å². The minimum absolute atomic E-state index is 0.0862. The number of hydrogen-bond acceptors (Lipinski definition) is 4. The van der Waals surface area contributed by atoms with Crippen LogP contribution < -0.4 is 5.73 Å². The summed E-state index contributed by atoms with van der Waals surface area (Å²) in [6, 6.07) is 7.64. The molecule has 1 fully saturated rings. The molecule has 0 bridgehead atoms. The van der Waals surface area contributed by atoms with Gasteiger partial charge in [0.2, 0.25) is 0 Å². The van der Waals surface area contributed by atoms with Gasteiger partial charge >= 0.3 is 0 Å². The van der Waals surface area contributed by atoms with E-state index in [1.807, 2.05) is 17.0 Å². The van der Waals surface area contributed by atoms with Crippen LogP contribution >= 0.6 is 0 Å². The Morgan fingerprint density at radius 3 is 2.57 bits per heavy atom. The molecule has 0 unspecified atom stereocenters. The van der Waals surface area contributed by atoms with Gasteiger partial charge in [-0.25, -0.2) is 17.2 Å². The third-order valence-corrected chi connectivity index (χ3v) is 6.26. The molecular weight excluding hydrogens is 386 g/mol. The number of nitrogens with zero attached hydrogens (tertiary/aromatic N) is 1. The molecule has 0 radical (unpaired) electrons. The molecule has 1 saturated heterocycles. The second-order valence-corrected chi connectivity index (χ2v) is 9.26. The average molecular weight is 406 g/mol. The lowest BCUT2D eigenvalue weighted by atomic mass is 9.94. The molecule has 28 heavy (non-hydrogen) atoms. The zero-order chi connectivity index (χ0) is 20.1. The van der Waals surface area contributed by atoms with Gasteiger partial charge in [-0.05, 0) is 42.1 Å². The minimum atomic E-state index is -3.28. The summed E-state index contributed by atoms with van der Waals surface area (Å²) >= 11 is 0. The van der Waals surface area contributed by atoms with E-state index in [4.69, 9.17) is 10.5 Å². The van der Waals surface area contributed by atoms with Crippen LogP contribution in [-0.2, 0) is 14.6 Å². The summed E-state index contributed by atoms with van der Waals surface area (Å²) in [5.41, 5.74) is 6.35. The molecule has 0 saturated carbocycles. The third-order valence-electron chi connectivity index (χ3n) is 5.15. The number of sulfone groups is 1. The molecule has 8 heteroatoms. The van der Waals surface area contributed by atoms with Crippen LogP contribution in [0.2, 0.25) is 0 Å². The average Bonchev–Trinajstić information content (AvgIpc) is 3.06. The van der Waals surface area contributed by atoms with Crippen molar-refractivity contribution in [2.75, 3.05) is 12.9 Å². The molecule has 4 rings (SSSR count). The predicted octanol–water partition coefficient (Wildman–Crippen LogP) is 3.35. The van der Waals surface area contributed by atoms with Gasteiger partial charge in [0.05, 0.1) is 17.5 Å². The van der Waals surface area contributed by atoms with E-state index in [9.17, 15) is 17.2 Å². The molecule has 148 valence electrons. The van der Waals surface area contributed by atoms with Crippen LogP contribution in [0.25, 0.3) is 10.8 Å². The fourth-order valence-corrected chi connectivity index (χ4v) is 4.34. The first-order valence-corrected chi connectivity index (χ1v) is 10.7. The Morgan fingerprint density at radius 2 is 1.86 bits per heavy atom. The lowest BCUT2D eigenvalue weighted by Gasteiger charge is -2.35. The van der Waals surface area contributed by atoms with Gasteiger partial charge in [0.25, 0.3) is 0 Å². The molecule has 1 aliphatic rings. The Bertz CT molecular complexity index is 1140. The highest BCUT2D eigenvalue weighted by molar-refractivity contribution is 7.90. The quantitative estimate of drug-likeness (QED) is 0.724. The number of hydrogen-bond donors (Lipinski definition) is 1. The highest BCUT2D eigenvalue weighted by Crippen LogP contribution is 2.34. The summed E-state index contributed by atoms with van der Waals surface area (Å²) in [7, 11) is -3.28. The van der Waals surface area contributed by atoms with Crippen molar-refractivity contribution in [3.05, 3.63) is 66.0 Å². The number of benzene rings is 2. The second-order valence-electron chi connectivity index (χ2n) is 7.24. The van der Waals surface area contributed by atoms with Gasteiger partial charge in [-0.15, -0.1) is 0 Å². The van der Waals surface area contributed by atoms with E-state index in [1.54, 1.807) is 18.2 Å². The minimum Gasteiger partial charge on any atom is -0.370 e. The van der Waals surface area contributed by atoms with E-state index in [0.29, 0.717) is 6.42 Å². The summed E-state index contributed by atoms with van der Waals surface area (Å²) in [6.45, 7) is 0.286. The molecule has 0 amide bonds. The Kier molecular flexibility index (Phi) is 4.73. The molecule has 3 aromatic rings. The molecule has 2 N–H and O–H groups in total. The van der Waals surface area contributed by atoms with Crippen LogP contribution in [0.3, 0.4) is 0 Å². The topological polar surface area (TPSA) is 74.3 Å². The van der Waals surface area contributed by atoms with Gasteiger partial charge in [0, 0.05) is 35.6 Å². The summed E-state index contributed by atoms with van der Waals surface area (Å²) in [4.78, 5) is 0.260. The Balaban J connectivity index is 1.58. The van der Waals surface area contributed by atoms with Gasteiger partial charge in [-0.3, -0.25) is 0 Å². The summed E-state index contributed by atoms with van der Waals surface area (Å²) in [5, 5.41) is 1.70. The second kappa shape index (κ2) is 6.95. The fraction of sp³-hybridized carbons (Fsp3) is 0.300. The SMILES string of the molecule is CS(=O)(=O)c1ccc2cn([C@H]3CO[C@H](c4cc(F)ccc4F)[C@@H](N)C3)cc2c1. The van der Waals surface area contributed by atoms with E-state index in [1.165, 1.54) is 6.26 Å². The fourth-order valence-electron chi connectivity index (χ4n) is 3.69. The molecule has 2 aromatic carbocycles. The molecule has 1 aromatic heterocycles. The maximum absolute atomic E-state index is 14.1. The van der Waals surface area contributed by atoms with Crippen molar-refractivity contribution in [3.8, 4) is 0 Å². The van der Waals surface area contributed by atoms with Crippen LogP contribution in [0.4, 0.5) is 8.78 Å². The Morgan fingerprint density at radius 1 is 1.11 bits per heavy atom. The standard InChI is InChI=1S/C20H20F2N2O3S/c1-28(25,26)16-4-2-12-9-24(10-13(12)6-16)15-8-19(23)20(27-11-15)17-7-14(21)3-5-18(17)22/h2-7,9-10,15,19-20H,8,11,23H2,1H3/t15-,19+,20-/m1/s1. The number of aromatic nitrogens is 1. The molecular formula is C20H20F2N2O3S. The Labute approximate surface area is 161 Å². The van der Waals surface area contributed by atoms with Crippen molar-refractivity contribution in [2.45, 2.75) is 29.5 Å². The number of fused-ring (bicyclic) bond motifs is 1. The van der Waals surface area contributed by atoms with Crippen LogP contribution in [0.15, 0.2) is 53.7 Å². The van der Waals surface area contributed by atoms with Gasteiger partial charge < -0.3 is 15.0 Å². The number of rotatable bonds is 3. The normalized spacial score (nSPS) is 23.2. The van der Waals surface area contributed by atoms with Crippen molar-refractivity contribution >= 4 is 20.6 Å². The van der Waals surface area contributed by atoms with Crippen molar-refractivity contribution in [1.29, 1.82) is 0 Å². The van der Waals surface area contributed by atoms with E-state index in [2.05, 4.69) is 0 Å². The van der Waals surface area contributed by atoms with E-state index >= 15 is 0 Å². The van der Waals surface area contributed by atoms with E-state index in [0.717, 1.165) is 29.0 Å². The lowest BCUT2D eigenvalue weighted by molar-refractivity contribution is -0.0288. The van der Waals surface area contributed by atoms with Crippen LogP contribution in [-0.4, -0.2) is 31.9 Å². The summed E-state index contributed by atoms with van der Waals surface area (Å²) in [5.74, 6) is -1.08. The van der Waals surface area contributed by atoms with Crippen LogP contribution in [0.5, 0.6) is 0 Å². The van der Waals surface area contributed by atoms with Crippen molar-refractivity contribution in [3.63, 3.8) is 0 Å². The monoisotopic (exact) mass is 406 g/mol. The summed E-state index contributed by atoms with van der Waals surface area (Å²) in [6.07, 6.45) is 4.73. The van der Waals surface area contributed by atoms with E-state index < -0.39 is 33.6 Å². The van der Waals surface area contributed by atoms with Gasteiger partial charge in [0.15, 0.2) is 9.84 Å². The van der Waals surface area contributed by atoms with E-state index in [-0.39, 0.29) is 23.1 Å². The largest absolute Gasteiger partial charge is 0.370 e.